The van der Waals surface area contributed by atoms with Crippen molar-refractivity contribution < 1.29 is 14.7 Å². The van der Waals surface area contributed by atoms with Crippen LogP contribution in [-0.4, -0.2) is 64.5 Å². The van der Waals surface area contributed by atoms with Crippen molar-refractivity contribution in [1.82, 2.24) is 14.8 Å². The Labute approximate surface area is 147 Å². The molecule has 1 aromatic rings. The molecule has 134 valence electrons. The standard InChI is InChI=1S/C19H25N3O3/c23-17(14-4-3-5-14)22-11-15-10-21(12-19(15,13-22)18(24)25)9-7-16-6-1-2-8-20-16/h1-2,6,8,14-15H,3-5,7,9-13H2,(H,24,25)/t15-,19-/m1/s1. The number of rotatable bonds is 5. The number of nitrogens with zero attached hydrogens (tertiary/aromatic N) is 3. The molecule has 6 heteroatoms. The molecule has 0 aromatic carbocycles. The van der Waals surface area contributed by atoms with E-state index in [4.69, 9.17) is 0 Å². The Morgan fingerprint density at radius 2 is 2.08 bits per heavy atom. The fraction of sp³-hybridized carbons (Fsp3) is 0.632. The number of pyridine rings is 1. The SMILES string of the molecule is O=C(C1CCC1)N1C[C@H]2CN(CCc3ccccn3)C[C@@]2(C(=O)O)C1. The molecular formula is C19H25N3O3. The Kier molecular flexibility index (Phi) is 4.23. The van der Waals surface area contributed by atoms with Crippen LogP contribution in [-0.2, 0) is 16.0 Å². The van der Waals surface area contributed by atoms with Gasteiger partial charge in [-0.3, -0.25) is 14.6 Å². The van der Waals surface area contributed by atoms with Crippen molar-refractivity contribution in [2.45, 2.75) is 25.7 Å². The van der Waals surface area contributed by atoms with Gasteiger partial charge in [0, 0.05) is 62.9 Å². The lowest BCUT2D eigenvalue weighted by Gasteiger charge is -2.31. The number of aliphatic carboxylic acids is 1. The molecule has 25 heavy (non-hydrogen) atoms. The van der Waals surface area contributed by atoms with Gasteiger partial charge in [-0.25, -0.2) is 0 Å². The lowest BCUT2D eigenvalue weighted by molar-refractivity contribution is -0.149. The molecule has 1 N–H and O–H groups in total. The Morgan fingerprint density at radius 1 is 1.24 bits per heavy atom. The second kappa shape index (κ2) is 6.41. The van der Waals surface area contributed by atoms with Crippen molar-refractivity contribution in [2.75, 3.05) is 32.7 Å². The average molecular weight is 343 g/mol. The Balaban J connectivity index is 1.40. The van der Waals surface area contributed by atoms with Gasteiger partial charge in [0.2, 0.25) is 5.91 Å². The molecule has 3 aliphatic rings. The maximum Gasteiger partial charge on any atom is 0.313 e. The van der Waals surface area contributed by atoms with Gasteiger partial charge in [-0.2, -0.15) is 0 Å². The van der Waals surface area contributed by atoms with Gasteiger partial charge in [0.25, 0.3) is 0 Å². The number of hydrogen-bond donors (Lipinski definition) is 1. The van der Waals surface area contributed by atoms with Crippen LogP contribution in [0, 0.1) is 17.3 Å². The van der Waals surface area contributed by atoms with Gasteiger partial charge in [-0.15, -0.1) is 0 Å². The molecule has 1 aromatic heterocycles. The van der Waals surface area contributed by atoms with Crippen LogP contribution in [0.1, 0.15) is 25.0 Å². The summed E-state index contributed by atoms with van der Waals surface area (Å²) < 4.78 is 0. The summed E-state index contributed by atoms with van der Waals surface area (Å²) in [5.74, 6) is -0.384. The molecule has 0 spiro atoms. The maximum atomic E-state index is 12.5. The van der Waals surface area contributed by atoms with Gasteiger partial charge >= 0.3 is 5.97 Å². The first kappa shape index (κ1) is 16.5. The van der Waals surface area contributed by atoms with E-state index in [0.717, 1.165) is 44.5 Å². The number of carboxylic acids is 1. The fourth-order valence-electron chi connectivity index (χ4n) is 4.54. The summed E-state index contributed by atoms with van der Waals surface area (Å²) in [7, 11) is 0. The van der Waals surface area contributed by atoms with Crippen LogP contribution in [0.2, 0.25) is 0 Å². The summed E-state index contributed by atoms with van der Waals surface area (Å²) in [5, 5.41) is 9.91. The van der Waals surface area contributed by atoms with Gasteiger partial charge in [-0.05, 0) is 25.0 Å². The van der Waals surface area contributed by atoms with Crippen LogP contribution in [0.4, 0.5) is 0 Å². The first-order valence-corrected chi connectivity index (χ1v) is 9.23. The molecule has 1 aliphatic carbocycles. The highest BCUT2D eigenvalue weighted by atomic mass is 16.4. The highest BCUT2D eigenvalue weighted by Gasteiger charge is 2.58. The van der Waals surface area contributed by atoms with Crippen molar-refractivity contribution in [3.8, 4) is 0 Å². The molecule has 0 bridgehead atoms. The number of carboxylic acid groups (broad SMARTS) is 1. The zero-order valence-corrected chi connectivity index (χ0v) is 14.4. The third-order valence-corrected chi connectivity index (χ3v) is 6.28. The number of amides is 1. The van der Waals surface area contributed by atoms with E-state index in [9.17, 15) is 14.7 Å². The van der Waals surface area contributed by atoms with E-state index in [1.165, 1.54) is 0 Å². The smallest absolute Gasteiger partial charge is 0.313 e. The maximum absolute atomic E-state index is 12.5. The number of aromatic nitrogens is 1. The summed E-state index contributed by atoms with van der Waals surface area (Å²) >= 11 is 0. The highest BCUT2D eigenvalue weighted by Crippen LogP contribution is 2.44. The molecule has 0 unspecified atom stereocenters. The third kappa shape index (κ3) is 2.92. The Bertz CT molecular complexity index is 661. The Morgan fingerprint density at radius 3 is 2.68 bits per heavy atom. The topological polar surface area (TPSA) is 73.7 Å². The molecule has 2 aliphatic heterocycles. The number of hydrogen-bond acceptors (Lipinski definition) is 4. The molecular weight excluding hydrogens is 318 g/mol. The third-order valence-electron chi connectivity index (χ3n) is 6.28. The minimum atomic E-state index is -0.788. The van der Waals surface area contributed by atoms with Crippen molar-refractivity contribution in [3.05, 3.63) is 30.1 Å². The molecule has 3 heterocycles. The second-order valence-corrected chi connectivity index (χ2v) is 7.81. The number of carbonyl (C=O) groups excluding carboxylic acids is 1. The van der Waals surface area contributed by atoms with E-state index in [-0.39, 0.29) is 17.7 Å². The van der Waals surface area contributed by atoms with Gasteiger partial charge in [0.05, 0.1) is 0 Å². The van der Waals surface area contributed by atoms with Crippen LogP contribution in [0.25, 0.3) is 0 Å². The van der Waals surface area contributed by atoms with Crippen molar-refractivity contribution in [3.63, 3.8) is 0 Å². The van der Waals surface area contributed by atoms with Gasteiger partial charge in [-0.1, -0.05) is 12.5 Å². The number of fused-ring (bicyclic) bond motifs is 1. The number of likely N-dealkylation sites (tertiary alicyclic amines) is 2. The van der Waals surface area contributed by atoms with Crippen molar-refractivity contribution in [2.24, 2.45) is 17.3 Å². The predicted molar refractivity (Wildman–Crippen MR) is 91.9 cm³/mol. The van der Waals surface area contributed by atoms with Crippen LogP contribution in [0.15, 0.2) is 24.4 Å². The fourth-order valence-corrected chi connectivity index (χ4v) is 4.54. The molecule has 1 saturated carbocycles. The first-order valence-electron chi connectivity index (χ1n) is 9.23. The van der Waals surface area contributed by atoms with Gasteiger partial charge < -0.3 is 14.9 Å². The lowest BCUT2D eigenvalue weighted by Crippen LogP contribution is -2.44. The van der Waals surface area contributed by atoms with E-state index >= 15 is 0 Å². The zero-order valence-electron chi connectivity index (χ0n) is 14.4. The summed E-state index contributed by atoms with van der Waals surface area (Å²) in [6, 6.07) is 5.88. The monoisotopic (exact) mass is 343 g/mol. The van der Waals surface area contributed by atoms with E-state index in [1.54, 1.807) is 6.20 Å². The van der Waals surface area contributed by atoms with E-state index in [1.807, 2.05) is 23.1 Å². The summed E-state index contributed by atoms with van der Waals surface area (Å²) in [6.07, 6.45) is 5.68. The van der Waals surface area contributed by atoms with Crippen LogP contribution in [0.5, 0.6) is 0 Å². The molecule has 4 rings (SSSR count). The average Bonchev–Trinajstić information content (AvgIpc) is 3.07. The largest absolute Gasteiger partial charge is 0.481 e. The predicted octanol–water partition coefficient (Wildman–Crippen LogP) is 1.27. The molecule has 2 atom stereocenters. The minimum Gasteiger partial charge on any atom is -0.481 e. The van der Waals surface area contributed by atoms with Gasteiger partial charge in [0.1, 0.15) is 5.41 Å². The lowest BCUT2D eigenvalue weighted by atomic mass is 9.81. The minimum absolute atomic E-state index is 0.0396. The second-order valence-electron chi connectivity index (χ2n) is 7.81. The summed E-state index contributed by atoms with van der Waals surface area (Å²) in [6.45, 7) is 3.09. The van der Waals surface area contributed by atoms with E-state index < -0.39 is 11.4 Å². The van der Waals surface area contributed by atoms with Crippen LogP contribution >= 0.6 is 0 Å². The summed E-state index contributed by atoms with van der Waals surface area (Å²) in [4.78, 5) is 33.0. The molecule has 6 nitrogen and oxygen atoms in total. The van der Waals surface area contributed by atoms with Crippen molar-refractivity contribution >= 4 is 11.9 Å². The van der Waals surface area contributed by atoms with E-state index in [2.05, 4.69) is 9.88 Å². The molecule has 3 fully saturated rings. The molecule has 1 amide bonds. The Hall–Kier alpha value is -1.95. The zero-order chi connectivity index (χ0) is 17.4. The van der Waals surface area contributed by atoms with Crippen molar-refractivity contribution in [1.29, 1.82) is 0 Å². The molecule has 0 radical (unpaired) electrons. The van der Waals surface area contributed by atoms with Crippen LogP contribution < -0.4 is 0 Å². The quantitative estimate of drug-likeness (QED) is 0.871. The highest BCUT2D eigenvalue weighted by molar-refractivity contribution is 5.83. The van der Waals surface area contributed by atoms with E-state index in [0.29, 0.717) is 19.6 Å². The summed E-state index contributed by atoms with van der Waals surface area (Å²) in [5.41, 5.74) is 0.245. The first-order chi connectivity index (χ1) is 12.1. The van der Waals surface area contributed by atoms with Gasteiger partial charge in [0.15, 0.2) is 0 Å². The molecule has 2 saturated heterocycles. The normalized spacial score (nSPS) is 29.4. The number of carbonyl (C=O) groups is 2. The van der Waals surface area contributed by atoms with Crippen LogP contribution in [0.3, 0.4) is 0 Å².